The molecule has 266 valence electrons. The lowest BCUT2D eigenvalue weighted by Gasteiger charge is -2.33. The van der Waals surface area contributed by atoms with Gasteiger partial charge in [0.15, 0.2) is 23.6 Å². The van der Waals surface area contributed by atoms with Gasteiger partial charge in [-0.05, 0) is 56.8 Å². The van der Waals surface area contributed by atoms with Gasteiger partial charge < -0.3 is 18.9 Å². The molecule has 4 nitrogen and oxygen atoms in total. The Morgan fingerprint density at radius 3 is 1.96 bits per heavy atom. The summed E-state index contributed by atoms with van der Waals surface area (Å²) in [4.78, 5) is 0. The van der Waals surface area contributed by atoms with Crippen LogP contribution in [0.25, 0.3) is 0 Å². The zero-order chi connectivity index (χ0) is 35.1. The van der Waals surface area contributed by atoms with Gasteiger partial charge >= 0.3 is 18.3 Å². The summed E-state index contributed by atoms with van der Waals surface area (Å²) in [6, 6.07) is 0.435. The van der Waals surface area contributed by atoms with E-state index >= 15 is 8.78 Å². The molecule has 1 saturated carbocycles. The molecule has 2 aromatic carbocycles. The van der Waals surface area contributed by atoms with Crippen molar-refractivity contribution in [2.45, 2.75) is 89.5 Å². The number of ether oxygens (including phenoxy) is 4. The van der Waals surface area contributed by atoms with Gasteiger partial charge in [-0.1, -0.05) is 38.3 Å². The second kappa shape index (κ2) is 16.3. The van der Waals surface area contributed by atoms with E-state index in [1.165, 1.54) is 19.3 Å². The van der Waals surface area contributed by atoms with Gasteiger partial charge in [-0.3, -0.25) is 0 Å². The number of rotatable bonds is 14. The maximum Gasteiger partial charge on any atom is 0.432 e. The molecule has 0 bridgehead atoms. The normalized spacial score (nSPS) is 22.1. The fourth-order valence-corrected chi connectivity index (χ4v) is 5.96. The van der Waals surface area contributed by atoms with Crippen LogP contribution in [-0.2, 0) is 10.8 Å². The molecule has 1 heterocycles. The van der Waals surface area contributed by atoms with E-state index in [0.29, 0.717) is 25.4 Å². The Morgan fingerprint density at radius 1 is 0.792 bits per heavy atom. The molecule has 1 aliphatic heterocycles. The van der Waals surface area contributed by atoms with Crippen LogP contribution in [-0.4, -0.2) is 18.8 Å². The van der Waals surface area contributed by atoms with Crippen molar-refractivity contribution >= 4 is 0 Å². The van der Waals surface area contributed by atoms with Gasteiger partial charge in [-0.2, -0.15) is 26.3 Å². The summed E-state index contributed by atoms with van der Waals surface area (Å²) in [7, 11) is 0. The van der Waals surface area contributed by atoms with Crippen molar-refractivity contribution in [2.75, 3.05) is 6.61 Å². The molecule has 0 spiro atoms. The lowest BCUT2D eigenvalue weighted by molar-refractivity contribution is -0.223. The highest BCUT2D eigenvalue weighted by atomic mass is 19.3. The Labute approximate surface area is 271 Å². The molecule has 2 atom stereocenters. The quantitative estimate of drug-likeness (QED) is 0.0852. The van der Waals surface area contributed by atoms with E-state index in [4.69, 9.17) is 4.74 Å². The molecule has 14 heteroatoms. The maximum absolute atomic E-state index is 15.0. The van der Waals surface area contributed by atoms with Crippen molar-refractivity contribution in [3.05, 3.63) is 77.6 Å². The van der Waals surface area contributed by atoms with Crippen LogP contribution >= 0.6 is 0 Å². The summed E-state index contributed by atoms with van der Waals surface area (Å²) in [6.45, 7) is 2.87. The Hall–Kier alpha value is -3.42. The standard InChI is InChI=1S/C34H36F10O4/c1-2-3-4-5-21-9-13-23(45-18-21)12-8-20-6-10-22(11-7-20)33(41,42)47-24-14-26(35)31(27(36)15-24)34(43,44)48-25-16-28(37)32(29(38)17-25)46-19-30(39)40/h8,12,14-17,19-23H,2-7,9-11,13,18H2,1H3. The van der Waals surface area contributed by atoms with Crippen molar-refractivity contribution in [2.24, 2.45) is 17.8 Å². The minimum atomic E-state index is -4.91. The molecular weight excluding hydrogens is 662 g/mol. The first-order valence-corrected chi connectivity index (χ1v) is 15.8. The van der Waals surface area contributed by atoms with Crippen LogP contribution in [0.3, 0.4) is 0 Å². The second-order valence-corrected chi connectivity index (χ2v) is 12.1. The number of allylic oxidation sites excluding steroid dienone is 1. The van der Waals surface area contributed by atoms with Gasteiger partial charge in [-0.15, -0.1) is 0 Å². The Morgan fingerprint density at radius 2 is 1.40 bits per heavy atom. The highest BCUT2D eigenvalue weighted by Crippen LogP contribution is 2.43. The maximum atomic E-state index is 15.0. The Kier molecular flexibility index (Phi) is 12.7. The third-order valence-electron chi connectivity index (χ3n) is 8.51. The zero-order valence-electron chi connectivity index (χ0n) is 26.0. The summed E-state index contributed by atoms with van der Waals surface area (Å²) >= 11 is 0. The number of hydrogen-bond donors (Lipinski definition) is 0. The van der Waals surface area contributed by atoms with E-state index in [-0.39, 0.29) is 55.4 Å². The molecular formula is C34H36F10O4. The van der Waals surface area contributed by atoms with Crippen LogP contribution in [0.5, 0.6) is 17.2 Å². The van der Waals surface area contributed by atoms with Crippen molar-refractivity contribution in [1.29, 1.82) is 0 Å². The molecule has 0 aromatic heterocycles. The fraction of sp³-hybridized carbons (Fsp3) is 0.529. The van der Waals surface area contributed by atoms with E-state index in [2.05, 4.69) is 21.1 Å². The Balaban J connectivity index is 1.33. The predicted molar refractivity (Wildman–Crippen MR) is 155 cm³/mol. The van der Waals surface area contributed by atoms with E-state index in [1.807, 2.05) is 12.2 Å². The summed E-state index contributed by atoms with van der Waals surface area (Å²) in [5.41, 5.74) is -2.05. The van der Waals surface area contributed by atoms with Crippen LogP contribution in [0.1, 0.15) is 76.7 Å². The van der Waals surface area contributed by atoms with Crippen LogP contribution in [0.15, 0.2) is 48.8 Å². The predicted octanol–water partition coefficient (Wildman–Crippen LogP) is 11.2. The molecule has 2 fully saturated rings. The summed E-state index contributed by atoms with van der Waals surface area (Å²) in [6.07, 6.45) is 0.0100. The molecule has 2 unspecified atom stereocenters. The average Bonchev–Trinajstić information content (AvgIpc) is 2.99. The minimum Gasteiger partial charge on any atom is -0.453 e. The van der Waals surface area contributed by atoms with Gasteiger partial charge in [0, 0.05) is 24.3 Å². The number of halogens is 10. The largest absolute Gasteiger partial charge is 0.453 e. The minimum absolute atomic E-state index is 0.0129. The Bertz CT molecular complexity index is 1380. The smallest absolute Gasteiger partial charge is 0.432 e. The third-order valence-corrected chi connectivity index (χ3v) is 8.51. The topological polar surface area (TPSA) is 36.9 Å². The van der Waals surface area contributed by atoms with Gasteiger partial charge in [0.1, 0.15) is 28.7 Å². The third kappa shape index (κ3) is 10.1. The SMILES string of the molecule is CCCCCC1CCC(C=CC2CCC(C(F)(F)Oc3cc(F)c(C(F)(F)Oc4cc(F)c(OC=C(F)F)c(F)c4)c(F)c3)CC2)OC1. The fourth-order valence-electron chi connectivity index (χ4n) is 5.96. The molecule has 1 saturated heterocycles. The molecule has 2 aromatic rings. The molecule has 2 aliphatic rings. The first kappa shape index (κ1) is 37.4. The number of benzene rings is 2. The summed E-state index contributed by atoms with van der Waals surface area (Å²) < 4.78 is 160. The van der Waals surface area contributed by atoms with Gasteiger partial charge in [0.2, 0.25) is 0 Å². The monoisotopic (exact) mass is 698 g/mol. The average molecular weight is 699 g/mol. The number of alkyl halides is 4. The van der Waals surface area contributed by atoms with Crippen molar-refractivity contribution in [1.82, 2.24) is 0 Å². The second-order valence-electron chi connectivity index (χ2n) is 12.1. The molecule has 0 N–H and O–H groups in total. The first-order chi connectivity index (χ1) is 22.7. The van der Waals surface area contributed by atoms with Crippen molar-refractivity contribution in [3.8, 4) is 17.2 Å². The molecule has 0 amide bonds. The molecule has 48 heavy (non-hydrogen) atoms. The summed E-state index contributed by atoms with van der Waals surface area (Å²) in [5.74, 6) is -12.0. The highest BCUT2D eigenvalue weighted by molar-refractivity contribution is 5.37. The van der Waals surface area contributed by atoms with Crippen molar-refractivity contribution < 1.29 is 62.9 Å². The van der Waals surface area contributed by atoms with Crippen molar-refractivity contribution in [3.63, 3.8) is 0 Å². The van der Waals surface area contributed by atoms with Crippen LogP contribution in [0.4, 0.5) is 43.9 Å². The molecule has 1 aliphatic carbocycles. The van der Waals surface area contributed by atoms with Crippen LogP contribution in [0, 0.1) is 41.0 Å². The lowest BCUT2D eigenvalue weighted by Crippen LogP contribution is -2.37. The van der Waals surface area contributed by atoms with Gasteiger partial charge in [-0.25, -0.2) is 17.6 Å². The zero-order valence-corrected chi connectivity index (χ0v) is 26.0. The van der Waals surface area contributed by atoms with Gasteiger partial charge in [0.05, 0.1) is 18.6 Å². The molecule has 0 radical (unpaired) electrons. The van der Waals surface area contributed by atoms with Crippen LogP contribution in [0.2, 0.25) is 0 Å². The number of unbranched alkanes of at least 4 members (excludes halogenated alkanes) is 2. The van der Waals surface area contributed by atoms with E-state index in [0.717, 1.165) is 19.3 Å². The van der Waals surface area contributed by atoms with Gasteiger partial charge in [0.25, 0.3) is 0 Å². The van der Waals surface area contributed by atoms with E-state index in [1.54, 1.807) is 0 Å². The van der Waals surface area contributed by atoms with E-state index < -0.39 is 70.3 Å². The summed E-state index contributed by atoms with van der Waals surface area (Å²) in [5, 5.41) is 0. The molecule has 4 rings (SSSR count). The van der Waals surface area contributed by atoms with Crippen LogP contribution < -0.4 is 14.2 Å². The first-order valence-electron chi connectivity index (χ1n) is 15.8. The lowest BCUT2D eigenvalue weighted by atomic mass is 9.81. The number of hydrogen-bond acceptors (Lipinski definition) is 4. The highest BCUT2D eigenvalue weighted by Gasteiger charge is 2.45. The van der Waals surface area contributed by atoms with E-state index in [9.17, 15) is 35.1 Å².